The molecule has 2 aromatic rings. The molecule has 0 bridgehead atoms. The highest BCUT2D eigenvalue weighted by molar-refractivity contribution is 5.45. The van der Waals surface area contributed by atoms with E-state index in [2.05, 4.69) is 16.0 Å². The van der Waals surface area contributed by atoms with E-state index >= 15 is 0 Å². The number of rotatable bonds is 2. The normalized spacial score (nSPS) is 14.5. The molecule has 0 unspecified atom stereocenters. The van der Waals surface area contributed by atoms with E-state index in [-0.39, 0.29) is 6.61 Å². The zero-order chi connectivity index (χ0) is 13.1. The molecule has 0 atom stereocenters. The summed E-state index contributed by atoms with van der Waals surface area (Å²) in [4.78, 5) is 6.56. The highest BCUT2D eigenvalue weighted by Gasteiger charge is 2.16. The Kier molecular flexibility index (Phi) is 3.33. The number of aliphatic hydroxyl groups excluding tert-OH is 1. The van der Waals surface area contributed by atoms with Crippen molar-refractivity contribution < 1.29 is 9.84 Å². The SMILES string of the molecule is OCc1ccnc(N2CCOc3ccccc3C2)c1. The van der Waals surface area contributed by atoms with E-state index in [0.717, 1.165) is 35.8 Å². The molecular weight excluding hydrogens is 240 g/mol. The fourth-order valence-electron chi connectivity index (χ4n) is 2.25. The Labute approximate surface area is 112 Å². The van der Waals surface area contributed by atoms with E-state index in [1.165, 1.54) is 0 Å². The summed E-state index contributed by atoms with van der Waals surface area (Å²) in [5.74, 6) is 1.83. The third kappa shape index (κ3) is 2.53. The lowest BCUT2D eigenvalue weighted by Gasteiger charge is -2.21. The topological polar surface area (TPSA) is 45.6 Å². The van der Waals surface area contributed by atoms with Gasteiger partial charge in [-0.25, -0.2) is 4.98 Å². The van der Waals surface area contributed by atoms with Crippen LogP contribution in [0.3, 0.4) is 0 Å². The number of fused-ring (bicyclic) bond motifs is 1. The summed E-state index contributed by atoms with van der Waals surface area (Å²) in [6.07, 6.45) is 1.73. The van der Waals surface area contributed by atoms with Crippen LogP contribution in [-0.4, -0.2) is 23.2 Å². The molecule has 19 heavy (non-hydrogen) atoms. The molecular formula is C15H16N2O2. The van der Waals surface area contributed by atoms with Gasteiger partial charge in [0.25, 0.3) is 0 Å². The fourth-order valence-corrected chi connectivity index (χ4v) is 2.25. The van der Waals surface area contributed by atoms with Crippen molar-refractivity contribution in [3.05, 3.63) is 53.7 Å². The number of nitrogens with zero attached hydrogens (tertiary/aromatic N) is 2. The maximum absolute atomic E-state index is 9.20. The first-order valence-corrected chi connectivity index (χ1v) is 6.38. The van der Waals surface area contributed by atoms with Gasteiger partial charge in [0, 0.05) is 18.3 Å². The zero-order valence-corrected chi connectivity index (χ0v) is 10.6. The highest BCUT2D eigenvalue weighted by atomic mass is 16.5. The average Bonchev–Trinajstić information content (AvgIpc) is 2.69. The molecule has 1 N–H and O–H groups in total. The van der Waals surface area contributed by atoms with Crippen LogP contribution in [0.2, 0.25) is 0 Å². The van der Waals surface area contributed by atoms with Crippen LogP contribution in [0.5, 0.6) is 5.75 Å². The Bertz CT molecular complexity index is 572. The predicted octanol–water partition coefficient (Wildman–Crippen LogP) is 1.97. The number of hydrogen-bond acceptors (Lipinski definition) is 4. The van der Waals surface area contributed by atoms with E-state index in [0.29, 0.717) is 6.61 Å². The Morgan fingerprint density at radius 1 is 1.26 bits per heavy atom. The minimum Gasteiger partial charge on any atom is -0.491 e. The summed E-state index contributed by atoms with van der Waals surface area (Å²) in [7, 11) is 0. The van der Waals surface area contributed by atoms with Gasteiger partial charge in [-0.15, -0.1) is 0 Å². The molecule has 0 amide bonds. The Balaban J connectivity index is 1.89. The van der Waals surface area contributed by atoms with Crippen molar-refractivity contribution in [3.8, 4) is 5.75 Å². The quantitative estimate of drug-likeness (QED) is 0.892. The molecule has 1 aliphatic rings. The molecule has 0 saturated heterocycles. The Hall–Kier alpha value is -2.07. The van der Waals surface area contributed by atoms with Crippen LogP contribution in [0.25, 0.3) is 0 Å². The van der Waals surface area contributed by atoms with Crippen molar-refractivity contribution in [2.45, 2.75) is 13.2 Å². The van der Waals surface area contributed by atoms with Crippen molar-refractivity contribution in [2.24, 2.45) is 0 Å². The maximum Gasteiger partial charge on any atom is 0.129 e. The molecule has 4 heteroatoms. The number of ether oxygens (including phenoxy) is 1. The molecule has 2 heterocycles. The zero-order valence-electron chi connectivity index (χ0n) is 10.6. The number of benzene rings is 1. The van der Waals surface area contributed by atoms with E-state index < -0.39 is 0 Å². The van der Waals surface area contributed by atoms with E-state index in [9.17, 15) is 5.11 Å². The van der Waals surface area contributed by atoms with E-state index in [4.69, 9.17) is 4.74 Å². The van der Waals surface area contributed by atoms with Gasteiger partial charge in [-0.3, -0.25) is 0 Å². The second-order valence-corrected chi connectivity index (χ2v) is 4.56. The monoisotopic (exact) mass is 256 g/mol. The fraction of sp³-hybridized carbons (Fsp3) is 0.267. The molecule has 1 aromatic heterocycles. The predicted molar refractivity (Wildman–Crippen MR) is 73.1 cm³/mol. The van der Waals surface area contributed by atoms with Crippen molar-refractivity contribution in [3.63, 3.8) is 0 Å². The second-order valence-electron chi connectivity index (χ2n) is 4.56. The molecule has 0 saturated carbocycles. The minimum absolute atomic E-state index is 0.0381. The van der Waals surface area contributed by atoms with Crippen LogP contribution in [-0.2, 0) is 13.2 Å². The number of anilines is 1. The Morgan fingerprint density at radius 3 is 3.05 bits per heavy atom. The summed E-state index contributed by atoms with van der Waals surface area (Å²) in [5.41, 5.74) is 2.04. The van der Waals surface area contributed by atoms with Crippen LogP contribution in [0.1, 0.15) is 11.1 Å². The van der Waals surface area contributed by atoms with Crippen LogP contribution in [0, 0.1) is 0 Å². The van der Waals surface area contributed by atoms with Gasteiger partial charge < -0.3 is 14.7 Å². The number of hydrogen-bond donors (Lipinski definition) is 1. The van der Waals surface area contributed by atoms with Crippen LogP contribution >= 0.6 is 0 Å². The number of pyridine rings is 1. The summed E-state index contributed by atoms with van der Waals surface area (Å²) >= 11 is 0. The van der Waals surface area contributed by atoms with Crippen molar-refractivity contribution >= 4 is 5.82 Å². The largest absolute Gasteiger partial charge is 0.491 e. The average molecular weight is 256 g/mol. The summed E-state index contributed by atoms with van der Waals surface area (Å²) in [5, 5.41) is 9.20. The Morgan fingerprint density at radius 2 is 2.16 bits per heavy atom. The molecule has 0 spiro atoms. The molecule has 0 radical (unpaired) electrons. The van der Waals surface area contributed by atoms with Gasteiger partial charge in [0.1, 0.15) is 18.2 Å². The molecule has 98 valence electrons. The first-order chi connectivity index (χ1) is 9.36. The van der Waals surface area contributed by atoms with Crippen molar-refractivity contribution in [1.82, 2.24) is 4.98 Å². The molecule has 1 aromatic carbocycles. The van der Waals surface area contributed by atoms with Gasteiger partial charge in [-0.05, 0) is 23.8 Å². The molecule has 0 aliphatic carbocycles. The maximum atomic E-state index is 9.20. The number of aromatic nitrogens is 1. The van der Waals surface area contributed by atoms with Crippen LogP contribution < -0.4 is 9.64 Å². The van der Waals surface area contributed by atoms with E-state index in [1.807, 2.05) is 30.3 Å². The summed E-state index contributed by atoms with van der Waals surface area (Å²) < 4.78 is 5.74. The van der Waals surface area contributed by atoms with Gasteiger partial charge in [0.15, 0.2) is 0 Å². The number of para-hydroxylation sites is 1. The highest BCUT2D eigenvalue weighted by Crippen LogP contribution is 2.25. The van der Waals surface area contributed by atoms with Crippen molar-refractivity contribution in [2.75, 3.05) is 18.1 Å². The van der Waals surface area contributed by atoms with Gasteiger partial charge in [0.2, 0.25) is 0 Å². The molecule has 4 nitrogen and oxygen atoms in total. The van der Waals surface area contributed by atoms with Gasteiger partial charge in [-0.2, -0.15) is 0 Å². The van der Waals surface area contributed by atoms with Gasteiger partial charge in [-0.1, -0.05) is 18.2 Å². The smallest absolute Gasteiger partial charge is 0.129 e. The van der Waals surface area contributed by atoms with Gasteiger partial charge >= 0.3 is 0 Å². The lowest BCUT2D eigenvalue weighted by Crippen LogP contribution is -2.26. The van der Waals surface area contributed by atoms with Gasteiger partial charge in [0.05, 0.1) is 13.2 Å². The summed E-state index contributed by atoms with van der Waals surface area (Å²) in [6, 6.07) is 11.8. The van der Waals surface area contributed by atoms with Crippen molar-refractivity contribution in [1.29, 1.82) is 0 Å². The first-order valence-electron chi connectivity index (χ1n) is 6.38. The third-order valence-electron chi connectivity index (χ3n) is 3.27. The van der Waals surface area contributed by atoms with Crippen LogP contribution in [0.4, 0.5) is 5.82 Å². The molecule has 1 aliphatic heterocycles. The standard InChI is InChI=1S/C15H16N2O2/c18-11-12-5-6-16-15(9-12)17-7-8-19-14-4-2-1-3-13(14)10-17/h1-6,9,18H,7-8,10-11H2. The summed E-state index contributed by atoms with van der Waals surface area (Å²) in [6.45, 7) is 2.24. The van der Waals surface area contributed by atoms with Crippen LogP contribution in [0.15, 0.2) is 42.6 Å². The van der Waals surface area contributed by atoms with E-state index in [1.54, 1.807) is 6.20 Å². The first kappa shape index (κ1) is 12.0. The third-order valence-corrected chi connectivity index (χ3v) is 3.27. The lowest BCUT2D eigenvalue weighted by atomic mass is 10.2. The lowest BCUT2D eigenvalue weighted by molar-refractivity contribution is 0.281. The second kappa shape index (κ2) is 5.28. The molecule has 0 fully saturated rings. The molecule has 3 rings (SSSR count). The number of aliphatic hydroxyl groups is 1. The minimum atomic E-state index is 0.0381.